The summed E-state index contributed by atoms with van der Waals surface area (Å²) in [6.45, 7) is 2.16. The van der Waals surface area contributed by atoms with E-state index in [9.17, 15) is 14.7 Å². The number of aliphatic carboxylic acids is 1. The van der Waals surface area contributed by atoms with Gasteiger partial charge in [-0.1, -0.05) is 19.1 Å². The number of para-hydroxylation sites is 1. The normalized spacial score (nSPS) is 30.0. The van der Waals surface area contributed by atoms with Gasteiger partial charge in [-0.3, -0.25) is 0 Å². The summed E-state index contributed by atoms with van der Waals surface area (Å²) in [5.41, 5.74) is 2.09. The summed E-state index contributed by atoms with van der Waals surface area (Å²) < 4.78 is 4.81. The van der Waals surface area contributed by atoms with Crippen LogP contribution in [0, 0.1) is 11.8 Å². The molecule has 0 saturated heterocycles. The molecule has 2 aliphatic rings. The van der Waals surface area contributed by atoms with Crippen molar-refractivity contribution in [3.8, 4) is 0 Å². The summed E-state index contributed by atoms with van der Waals surface area (Å²) in [6, 6.07) is 4.87. The van der Waals surface area contributed by atoms with Crippen molar-refractivity contribution in [1.82, 2.24) is 0 Å². The Bertz CT molecular complexity index is 598. The largest absolute Gasteiger partial charge is 0.480 e. The van der Waals surface area contributed by atoms with E-state index in [2.05, 4.69) is 12.2 Å². The summed E-state index contributed by atoms with van der Waals surface area (Å²) in [6.07, 6.45) is 1.92. The Labute approximate surface area is 123 Å². The maximum atomic E-state index is 11.9. The van der Waals surface area contributed by atoms with Crippen molar-refractivity contribution in [2.24, 2.45) is 11.8 Å². The smallest absolute Gasteiger partial charge is 0.339 e. The second-order valence-corrected chi connectivity index (χ2v) is 5.97. The van der Waals surface area contributed by atoms with Crippen molar-refractivity contribution in [2.45, 2.75) is 31.7 Å². The van der Waals surface area contributed by atoms with E-state index < -0.39 is 18.0 Å². The molecule has 4 unspecified atom stereocenters. The van der Waals surface area contributed by atoms with Gasteiger partial charge < -0.3 is 15.2 Å². The average Bonchev–Trinajstić information content (AvgIpc) is 2.87. The number of nitrogens with one attached hydrogen (secondary N) is 1. The van der Waals surface area contributed by atoms with E-state index in [1.807, 2.05) is 12.1 Å². The number of benzene rings is 1. The Balaban J connectivity index is 2.14. The topological polar surface area (TPSA) is 75.6 Å². The van der Waals surface area contributed by atoms with Gasteiger partial charge in [0.25, 0.3) is 0 Å². The van der Waals surface area contributed by atoms with Crippen LogP contribution in [0.4, 0.5) is 5.69 Å². The highest BCUT2D eigenvalue weighted by Gasteiger charge is 2.46. The van der Waals surface area contributed by atoms with Crippen molar-refractivity contribution < 1.29 is 19.4 Å². The predicted octanol–water partition coefficient (Wildman–Crippen LogP) is 2.48. The molecule has 1 aliphatic carbocycles. The third-order valence-corrected chi connectivity index (χ3v) is 4.88. The Kier molecular flexibility index (Phi) is 3.35. The molecule has 0 spiro atoms. The van der Waals surface area contributed by atoms with Crippen molar-refractivity contribution in [3.63, 3.8) is 0 Å². The lowest BCUT2D eigenvalue weighted by atomic mass is 9.76. The fourth-order valence-corrected chi connectivity index (χ4v) is 3.94. The quantitative estimate of drug-likeness (QED) is 0.818. The Morgan fingerprint density at radius 2 is 2.10 bits per heavy atom. The van der Waals surface area contributed by atoms with Gasteiger partial charge >= 0.3 is 11.9 Å². The fraction of sp³-hybridized carbons (Fsp3) is 0.500. The van der Waals surface area contributed by atoms with E-state index in [4.69, 9.17) is 4.74 Å². The first-order chi connectivity index (χ1) is 10.0. The van der Waals surface area contributed by atoms with Crippen molar-refractivity contribution >= 4 is 17.6 Å². The minimum atomic E-state index is -0.857. The van der Waals surface area contributed by atoms with Crippen molar-refractivity contribution in [2.75, 3.05) is 12.4 Å². The lowest BCUT2D eigenvalue weighted by Crippen LogP contribution is -2.43. The number of anilines is 1. The minimum absolute atomic E-state index is 0.0814. The van der Waals surface area contributed by atoms with E-state index in [1.54, 1.807) is 6.07 Å². The molecular formula is C16H19NO4. The SMILES string of the molecule is COC(=O)c1cccc2c1NC(C(=O)O)C1CCC(C)C21. The first kappa shape index (κ1) is 13.9. The standard InChI is InChI=1S/C16H19NO4/c1-8-6-7-10-12(8)9-4-3-5-11(16(20)21-2)13(9)17-14(10)15(18)19/h3-5,8,10,12,14,17H,6-7H2,1-2H3,(H,18,19). The molecule has 1 aromatic carbocycles. The Morgan fingerprint density at radius 1 is 1.33 bits per heavy atom. The molecule has 112 valence electrons. The average molecular weight is 289 g/mol. The van der Waals surface area contributed by atoms with Gasteiger partial charge in [-0.2, -0.15) is 0 Å². The molecule has 21 heavy (non-hydrogen) atoms. The van der Waals surface area contributed by atoms with Gasteiger partial charge in [-0.25, -0.2) is 9.59 Å². The molecular weight excluding hydrogens is 270 g/mol. The highest BCUT2D eigenvalue weighted by atomic mass is 16.5. The van der Waals surface area contributed by atoms with E-state index in [1.165, 1.54) is 7.11 Å². The maximum Gasteiger partial charge on any atom is 0.339 e. The van der Waals surface area contributed by atoms with Crippen LogP contribution in [-0.2, 0) is 9.53 Å². The van der Waals surface area contributed by atoms with Gasteiger partial charge in [0, 0.05) is 0 Å². The lowest BCUT2D eigenvalue weighted by molar-refractivity contribution is -0.139. The van der Waals surface area contributed by atoms with Crippen LogP contribution < -0.4 is 5.32 Å². The van der Waals surface area contributed by atoms with E-state index in [0.717, 1.165) is 18.4 Å². The highest BCUT2D eigenvalue weighted by Crippen LogP contribution is 2.51. The number of methoxy groups -OCH3 is 1. The van der Waals surface area contributed by atoms with Gasteiger partial charge in [0.2, 0.25) is 0 Å². The first-order valence-corrected chi connectivity index (χ1v) is 7.25. The third kappa shape index (κ3) is 2.07. The Morgan fingerprint density at radius 3 is 2.76 bits per heavy atom. The lowest BCUT2D eigenvalue weighted by Gasteiger charge is -2.37. The van der Waals surface area contributed by atoms with Gasteiger partial charge in [0.05, 0.1) is 18.4 Å². The van der Waals surface area contributed by atoms with Gasteiger partial charge in [0.15, 0.2) is 0 Å². The van der Waals surface area contributed by atoms with Crippen LogP contribution in [0.1, 0.15) is 41.6 Å². The van der Waals surface area contributed by atoms with Crippen LogP contribution >= 0.6 is 0 Å². The summed E-state index contributed by atoms with van der Waals surface area (Å²) in [5, 5.41) is 12.6. The van der Waals surface area contributed by atoms with Crippen LogP contribution in [0.25, 0.3) is 0 Å². The number of carbonyl (C=O) groups excluding carboxylic acids is 1. The number of carboxylic acid groups (broad SMARTS) is 1. The van der Waals surface area contributed by atoms with E-state index >= 15 is 0 Å². The number of carboxylic acids is 1. The molecule has 1 fully saturated rings. The van der Waals surface area contributed by atoms with E-state index in [0.29, 0.717) is 17.2 Å². The number of esters is 1. The van der Waals surface area contributed by atoms with Crippen LogP contribution in [-0.4, -0.2) is 30.2 Å². The number of rotatable bonds is 2. The Hall–Kier alpha value is -2.04. The molecule has 0 bridgehead atoms. The second kappa shape index (κ2) is 5.06. The fourth-order valence-electron chi connectivity index (χ4n) is 3.94. The molecule has 0 aromatic heterocycles. The molecule has 5 nitrogen and oxygen atoms in total. The number of hydrogen-bond donors (Lipinski definition) is 2. The first-order valence-electron chi connectivity index (χ1n) is 7.25. The molecule has 4 atom stereocenters. The molecule has 1 aromatic rings. The molecule has 1 heterocycles. The van der Waals surface area contributed by atoms with Crippen LogP contribution in [0.2, 0.25) is 0 Å². The van der Waals surface area contributed by atoms with Crippen LogP contribution in [0.15, 0.2) is 18.2 Å². The number of ether oxygens (including phenoxy) is 1. The molecule has 5 heteroatoms. The monoisotopic (exact) mass is 289 g/mol. The zero-order valence-corrected chi connectivity index (χ0v) is 12.1. The third-order valence-electron chi connectivity index (χ3n) is 4.88. The van der Waals surface area contributed by atoms with Crippen LogP contribution in [0.5, 0.6) is 0 Å². The van der Waals surface area contributed by atoms with Gasteiger partial charge in [0.1, 0.15) is 6.04 Å². The minimum Gasteiger partial charge on any atom is -0.480 e. The summed E-state index contributed by atoms with van der Waals surface area (Å²) in [7, 11) is 1.33. The molecule has 0 radical (unpaired) electrons. The van der Waals surface area contributed by atoms with E-state index in [-0.39, 0.29) is 11.8 Å². The summed E-state index contributed by atoms with van der Waals surface area (Å²) in [5.74, 6) is -0.604. The summed E-state index contributed by atoms with van der Waals surface area (Å²) >= 11 is 0. The van der Waals surface area contributed by atoms with Gasteiger partial charge in [-0.15, -0.1) is 0 Å². The zero-order valence-electron chi connectivity index (χ0n) is 12.1. The molecule has 0 amide bonds. The van der Waals surface area contributed by atoms with Crippen LogP contribution in [0.3, 0.4) is 0 Å². The molecule has 1 aliphatic heterocycles. The predicted molar refractivity (Wildman–Crippen MR) is 77.5 cm³/mol. The van der Waals surface area contributed by atoms with Crippen molar-refractivity contribution in [3.05, 3.63) is 29.3 Å². The molecule has 3 rings (SSSR count). The zero-order chi connectivity index (χ0) is 15.1. The number of fused-ring (bicyclic) bond motifs is 3. The number of hydrogen-bond acceptors (Lipinski definition) is 4. The van der Waals surface area contributed by atoms with Crippen molar-refractivity contribution in [1.29, 1.82) is 0 Å². The second-order valence-electron chi connectivity index (χ2n) is 5.97. The highest BCUT2D eigenvalue weighted by molar-refractivity contribution is 5.98. The molecule has 1 saturated carbocycles. The summed E-state index contributed by atoms with van der Waals surface area (Å²) in [4.78, 5) is 23.5. The number of carbonyl (C=O) groups is 2. The maximum absolute atomic E-state index is 11.9. The van der Waals surface area contributed by atoms with Gasteiger partial charge in [-0.05, 0) is 42.2 Å². The molecule has 2 N–H and O–H groups in total.